The van der Waals surface area contributed by atoms with Crippen molar-refractivity contribution in [1.29, 1.82) is 0 Å². The summed E-state index contributed by atoms with van der Waals surface area (Å²) >= 11 is 2.67. The Kier molecular flexibility index (Phi) is 3.42. The van der Waals surface area contributed by atoms with Gasteiger partial charge < -0.3 is 0 Å². The molecule has 0 N–H and O–H groups in total. The number of hydrogen-bond acceptors (Lipinski definition) is 0. The summed E-state index contributed by atoms with van der Waals surface area (Å²) < 4.78 is 0. The molecule has 1 rings (SSSR count). The SMILES string of the molecule is Cc1ccc(C=C[CH2][Al+2])cc1. The Morgan fingerprint density at radius 1 is 1.27 bits per heavy atom. The fourth-order valence-corrected chi connectivity index (χ4v) is 1.02. The molecule has 0 saturated carbocycles. The van der Waals surface area contributed by atoms with Crippen LogP contribution in [0.15, 0.2) is 30.3 Å². The second kappa shape index (κ2) is 4.39. The van der Waals surface area contributed by atoms with Gasteiger partial charge in [-0.3, -0.25) is 0 Å². The average molecular weight is 158 g/mol. The molecule has 52 valence electrons. The Labute approximate surface area is 76.4 Å². The van der Waals surface area contributed by atoms with Crippen LogP contribution in [-0.4, -0.2) is 16.3 Å². The Morgan fingerprint density at radius 3 is 2.45 bits per heavy atom. The molecule has 0 aromatic heterocycles. The van der Waals surface area contributed by atoms with E-state index in [1.54, 1.807) is 0 Å². The van der Waals surface area contributed by atoms with Gasteiger partial charge in [0.05, 0.1) is 0 Å². The third-order valence-electron chi connectivity index (χ3n) is 1.52. The third kappa shape index (κ3) is 2.93. The second-order valence-corrected chi connectivity index (χ2v) is 3.02. The van der Waals surface area contributed by atoms with Crippen LogP contribution in [0.5, 0.6) is 0 Å². The van der Waals surface area contributed by atoms with Crippen molar-refractivity contribution in [2.45, 2.75) is 12.2 Å². The summed E-state index contributed by atoms with van der Waals surface area (Å²) in [4.78, 5) is 0. The molecule has 1 heteroatoms. The molecule has 0 aliphatic carbocycles. The van der Waals surface area contributed by atoms with Gasteiger partial charge in [-0.15, -0.1) is 0 Å². The molecular weight excluding hydrogens is 147 g/mol. The summed E-state index contributed by atoms with van der Waals surface area (Å²) in [5.74, 6) is 0. The molecule has 0 fully saturated rings. The molecular formula is C10H11Al+2. The maximum absolute atomic E-state index is 2.67. The van der Waals surface area contributed by atoms with Gasteiger partial charge in [0.15, 0.2) is 0 Å². The molecule has 1 aromatic carbocycles. The second-order valence-electron chi connectivity index (χ2n) is 2.55. The number of allylic oxidation sites excluding steroid dienone is 1. The van der Waals surface area contributed by atoms with Crippen molar-refractivity contribution < 1.29 is 0 Å². The molecule has 0 radical (unpaired) electrons. The monoisotopic (exact) mass is 158 g/mol. The van der Waals surface area contributed by atoms with Gasteiger partial charge in [0.2, 0.25) is 0 Å². The predicted octanol–water partition coefficient (Wildman–Crippen LogP) is 2.60. The number of benzene rings is 1. The zero-order valence-electron chi connectivity index (χ0n) is 6.75. The van der Waals surface area contributed by atoms with Crippen molar-refractivity contribution >= 4 is 22.4 Å². The molecule has 1 aromatic rings. The third-order valence-corrected chi connectivity index (χ3v) is 1.80. The van der Waals surface area contributed by atoms with E-state index in [4.69, 9.17) is 0 Å². The van der Waals surface area contributed by atoms with Crippen molar-refractivity contribution in [3.63, 3.8) is 0 Å². The Bertz CT molecular complexity index is 234. The van der Waals surface area contributed by atoms with Crippen molar-refractivity contribution in [2.75, 3.05) is 0 Å². The van der Waals surface area contributed by atoms with Gasteiger partial charge in [-0.1, -0.05) is 0 Å². The number of rotatable bonds is 2. The van der Waals surface area contributed by atoms with Crippen LogP contribution in [0.3, 0.4) is 0 Å². The van der Waals surface area contributed by atoms with Gasteiger partial charge in [-0.05, 0) is 0 Å². The topological polar surface area (TPSA) is 0 Å². The molecule has 0 aliphatic rings. The van der Waals surface area contributed by atoms with Gasteiger partial charge in [-0.25, -0.2) is 0 Å². The molecule has 0 aliphatic heterocycles. The summed E-state index contributed by atoms with van der Waals surface area (Å²) in [5.41, 5.74) is 2.59. The van der Waals surface area contributed by atoms with Crippen LogP contribution in [0.4, 0.5) is 0 Å². The normalized spacial score (nSPS) is 10.8. The van der Waals surface area contributed by atoms with Gasteiger partial charge in [-0.2, -0.15) is 0 Å². The zero-order valence-corrected chi connectivity index (χ0v) is 7.90. The quantitative estimate of drug-likeness (QED) is 0.580. The van der Waals surface area contributed by atoms with Crippen LogP contribution in [0.25, 0.3) is 6.08 Å². The first-order valence-electron chi connectivity index (χ1n) is 3.76. The minimum atomic E-state index is 1.02. The van der Waals surface area contributed by atoms with E-state index in [1.807, 2.05) is 0 Å². The van der Waals surface area contributed by atoms with Crippen LogP contribution >= 0.6 is 0 Å². The molecule has 0 atom stereocenters. The van der Waals surface area contributed by atoms with Crippen LogP contribution in [-0.2, 0) is 0 Å². The van der Waals surface area contributed by atoms with E-state index in [9.17, 15) is 0 Å². The van der Waals surface area contributed by atoms with Crippen molar-refractivity contribution in [1.82, 2.24) is 0 Å². The molecule has 0 amide bonds. The molecule has 0 unspecified atom stereocenters. The van der Waals surface area contributed by atoms with Gasteiger partial charge in [0, 0.05) is 0 Å². The molecule has 0 heterocycles. The van der Waals surface area contributed by atoms with E-state index in [0.717, 1.165) is 5.28 Å². The minimum absolute atomic E-state index is 1.02. The van der Waals surface area contributed by atoms with E-state index in [1.165, 1.54) is 11.1 Å². The Morgan fingerprint density at radius 2 is 1.91 bits per heavy atom. The fraction of sp³-hybridized carbons (Fsp3) is 0.200. The summed E-state index contributed by atoms with van der Waals surface area (Å²) in [6.07, 6.45) is 4.27. The van der Waals surface area contributed by atoms with Crippen LogP contribution in [0, 0.1) is 6.92 Å². The maximum atomic E-state index is 2.67. The average Bonchev–Trinajstić information content (AvgIpc) is 2.04. The standard InChI is InChI=1S/C10H11.Al/c1-3-4-10-7-5-9(2)6-8-10;/h3-8H,1H2,2H3;/q;+2. The molecule has 0 saturated heterocycles. The Balaban J connectivity index is 2.73. The molecule has 0 spiro atoms. The van der Waals surface area contributed by atoms with Crippen molar-refractivity contribution in [3.8, 4) is 0 Å². The fourth-order valence-electron chi connectivity index (χ4n) is 0.882. The first-order valence-corrected chi connectivity index (χ1v) is 4.58. The van der Waals surface area contributed by atoms with Crippen molar-refractivity contribution in [2.24, 2.45) is 0 Å². The molecule has 0 bridgehead atoms. The van der Waals surface area contributed by atoms with E-state index >= 15 is 0 Å². The van der Waals surface area contributed by atoms with Crippen molar-refractivity contribution in [3.05, 3.63) is 41.5 Å². The van der Waals surface area contributed by atoms with E-state index in [2.05, 4.69) is 59.6 Å². The summed E-state index contributed by atoms with van der Waals surface area (Å²) in [7, 11) is 0. The van der Waals surface area contributed by atoms with Crippen LogP contribution in [0.1, 0.15) is 11.1 Å². The summed E-state index contributed by atoms with van der Waals surface area (Å²) in [6, 6.07) is 8.52. The van der Waals surface area contributed by atoms with Gasteiger partial charge in [0.25, 0.3) is 0 Å². The molecule has 0 nitrogen and oxygen atoms in total. The van der Waals surface area contributed by atoms with E-state index < -0.39 is 0 Å². The molecule has 11 heavy (non-hydrogen) atoms. The van der Waals surface area contributed by atoms with Crippen LogP contribution < -0.4 is 0 Å². The van der Waals surface area contributed by atoms with Gasteiger partial charge >= 0.3 is 76.0 Å². The van der Waals surface area contributed by atoms with Crippen LogP contribution in [0.2, 0.25) is 5.28 Å². The Hall–Kier alpha value is -0.508. The van der Waals surface area contributed by atoms with E-state index in [-0.39, 0.29) is 0 Å². The summed E-state index contributed by atoms with van der Waals surface area (Å²) in [5, 5.41) is 1.02. The first-order chi connectivity index (χ1) is 5.33. The van der Waals surface area contributed by atoms with E-state index in [0.29, 0.717) is 0 Å². The summed E-state index contributed by atoms with van der Waals surface area (Å²) in [6.45, 7) is 2.10. The van der Waals surface area contributed by atoms with Gasteiger partial charge in [0.1, 0.15) is 0 Å². The first kappa shape index (κ1) is 8.59. The number of hydrogen-bond donors (Lipinski definition) is 0. The zero-order chi connectivity index (χ0) is 8.10. The number of aryl methyl sites for hydroxylation is 1. The predicted molar refractivity (Wildman–Crippen MR) is 50.8 cm³/mol.